The number of likely N-dealkylation sites (tertiary alicyclic amines) is 1. The molecule has 1 saturated heterocycles. The Bertz CT molecular complexity index is 632. The van der Waals surface area contributed by atoms with Crippen LogP contribution in [0.4, 0.5) is 0 Å². The van der Waals surface area contributed by atoms with Crippen molar-refractivity contribution < 1.29 is 4.79 Å². The van der Waals surface area contributed by atoms with Crippen molar-refractivity contribution >= 4 is 5.91 Å². The molecule has 5 heteroatoms. The maximum atomic E-state index is 11.4. The van der Waals surface area contributed by atoms with E-state index in [1.54, 1.807) is 13.1 Å². The van der Waals surface area contributed by atoms with E-state index < -0.39 is 0 Å². The van der Waals surface area contributed by atoms with Crippen LogP contribution in [0.15, 0.2) is 30.6 Å². The number of amides is 1. The van der Waals surface area contributed by atoms with Gasteiger partial charge in [-0.3, -0.25) is 14.5 Å². The lowest BCUT2D eigenvalue weighted by Crippen LogP contribution is -2.26. The number of rotatable bonds is 3. The van der Waals surface area contributed by atoms with Crippen LogP contribution in [0.5, 0.6) is 0 Å². The molecule has 1 fully saturated rings. The van der Waals surface area contributed by atoms with Crippen LogP contribution in [-0.2, 0) is 18.3 Å². The molecule has 0 unspecified atom stereocenters. The third-order valence-corrected chi connectivity index (χ3v) is 4.16. The molecule has 2 aromatic rings. The van der Waals surface area contributed by atoms with Gasteiger partial charge in [0.1, 0.15) is 0 Å². The molecular formula is C16H20N4O. The molecule has 2 aromatic heterocycles. The summed E-state index contributed by atoms with van der Waals surface area (Å²) in [5, 5.41) is 4.16. The van der Waals surface area contributed by atoms with Gasteiger partial charge >= 0.3 is 0 Å². The lowest BCUT2D eigenvalue weighted by molar-refractivity contribution is -0.127. The maximum absolute atomic E-state index is 11.4. The first-order valence-electron chi connectivity index (χ1n) is 7.32. The fourth-order valence-electron chi connectivity index (χ4n) is 2.94. The molecule has 3 rings (SSSR count). The fourth-order valence-corrected chi connectivity index (χ4v) is 2.94. The fraction of sp³-hybridized carbons (Fsp3) is 0.438. The second-order valence-corrected chi connectivity index (χ2v) is 5.72. The van der Waals surface area contributed by atoms with Crippen LogP contribution in [0.25, 0.3) is 11.4 Å². The van der Waals surface area contributed by atoms with E-state index in [0.29, 0.717) is 5.92 Å². The van der Waals surface area contributed by atoms with Gasteiger partial charge in [0.05, 0.1) is 11.4 Å². The van der Waals surface area contributed by atoms with Crippen molar-refractivity contribution in [3.8, 4) is 11.4 Å². The zero-order valence-electron chi connectivity index (χ0n) is 12.5. The molecule has 0 aromatic carbocycles. The summed E-state index contributed by atoms with van der Waals surface area (Å²) in [5.41, 5.74) is 3.19. The standard InChI is InChI=1S/C16H20N4O/c1-12(21)20-8-6-14(11-20)9-13-3-4-15(17-10-13)16-5-7-18-19(16)2/h3-5,7,10,14H,6,8-9,11H2,1-2H3/t14-/m1/s1. The second-order valence-electron chi connectivity index (χ2n) is 5.72. The second kappa shape index (κ2) is 5.68. The molecule has 1 atom stereocenters. The average Bonchev–Trinajstić information content (AvgIpc) is 3.09. The zero-order chi connectivity index (χ0) is 14.8. The maximum Gasteiger partial charge on any atom is 0.219 e. The van der Waals surface area contributed by atoms with Crippen molar-refractivity contribution in [3.05, 3.63) is 36.2 Å². The van der Waals surface area contributed by atoms with Crippen LogP contribution in [0.1, 0.15) is 18.9 Å². The van der Waals surface area contributed by atoms with Gasteiger partial charge in [0.15, 0.2) is 0 Å². The normalized spacial score (nSPS) is 18.2. The molecule has 0 N–H and O–H groups in total. The number of aromatic nitrogens is 3. The lowest BCUT2D eigenvalue weighted by Gasteiger charge is -2.14. The van der Waals surface area contributed by atoms with Crippen molar-refractivity contribution in [2.24, 2.45) is 13.0 Å². The number of aryl methyl sites for hydroxylation is 1. The predicted molar refractivity (Wildman–Crippen MR) is 80.5 cm³/mol. The third-order valence-electron chi connectivity index (χ3n) is 4.16. The number of nitrogens with zero attached hydrogens (tertiary/aromatic N) is 4. The highest BCUT2D eigenvalue weighted by molar-refractivity contribution is 5.73. The minimum absolute atomic E-state index is 0.183. The Morgan fingerprint density at radius 2 is 2.24 bits per heavy atom. The smallest absolute Gasteiger partial charge is 0.219 e. The molecule has 5 nitrogen and oxygen atoms in total. The Hall–Kier alpha value is -2.17. The summed E-state index contributed by atoms with van der Waals surface area (Å²) in [6, 6.07) is 6.14. The Balaban J connectivity index is 1.66. The SMILES string of the molecule is CC(=O)N1CC[C@H](Cc2ccc(-c3ccnn3C)nc2)C1. The highest BCUT2D eigenvalue weighted by Crippen LogP contribution is 2.22. The van der Waals surface area contributed by atoms with Gasteiger partial charge in [0.25, 0.3) is 0 Å². The van der Waals surface area contributed by atoms with Gasteiger partial charge in [0, 0.05) is 39.5 Å². The summed E-state index contributed by atoms with van der Waals surface area (Å²) in [6.07, 6.45) is 5.80. The van der Waals surface area contributed by atoms with Gasteiger partial charge in [-0.1, -0.05) is 6.07 Å². The summed E-state index contributed by atoms with van der Waals surface area (Å²) in [4.78, 5) is 17.8. The molecular weight excluding hydrogens is 264 g/mol. The summed E-state index contributed by atoms with van der Waals surface area (Å²) in [5.74, 6) is 0.737. The van der Waals surface area contributed by atoms with Gasteiger partial charge in [-0.15, -0.1) is 0 Å². The predicted octanol–water partition coefficient (Wildman–Crippen LogP) is 1.89. The monoisotopic (exact) mass is 284 g/mol. The van der Waals surface area contributed by atoms with Crippen molar-refractivity contribution in [2.75, 3.05) is 13.1 Å². The Labute approximate surface area is 124 Å². The van der Waals surface area contributed by atoms with Crippen LogP contribution in [0.2, 0.25) is 0 Å². The van der Waals surface area contributed by atoms with E-state index >= 15 is 0 Å². The summed E-state index contributed by atoms with van der Waals surface area (Å²) < 4.78 is 1.82. The minimum Gasteiger partial charge on any atom is -0.343 e. The van der Waals surface area contributed by atoms with Crippen LogP contribution in [0.3, 0.4) is 0 Å². The number of carbonyl (C=O) groups excluding carboxylic acids is 1. The van der Waals surface area contributed by atoms with Gasteiger partial charge in [0.2, 0.25) is 5.91 Å². The Kier molecular flexibility index (Phi) is 3.73. The lowest BCUT2D eigenvalue weighted by atomic mass is 10.00. The summed E-state index contributed by atoms with van der Waals surface area (Å²) in [6.45, 7) is 3.41. The molecule has 0 radical (unpaired) electrons. The van der Waals surface area contributed by atoms with E-state index in [9.17, 15) is 4.79 Å². The highest BCUT2D eigenvalue weighted by Gasteiger charge is 2.24. The molecule has 110 valence electrons. The highest BCUT2D eigenvalue weighted by atomic mass is 16.2. The number of hydrogen-bond donors (Lipinski definition) is 0. The Morgan fingerprint density at radius 1 is 1.38 bits per heavy atom. The first kappa shape index (κ1) is 13.8. The number of pyridine rings is 1. The van der Waals surface area contributed by atoms with E-state index in [1.807, 2.05) is 35.0 Å². The van der Waals surface area contributed by atoms with E-state index in [1.165, 1.54) is 5.56 Å². The Morgan fingerprint density at radius 3 is 2.81 bits per heavy atom. The van der Waals surface area contributed by atoms with Gasteiger partial charge in [-0.2, -0.15) is 5.10 Å². The molecule has 1 amide bonds. The van der Waals surface area contributed by atoms with Gasteiger partial charge in [-0.05, 0) is 36.5 Å². The van der Waals surface area contributed by atoms with Crippen LogP contribution < -0.4 is 0 Å². The van der Waals surface area contributed by atoms with E-state index in [-0.39, 0.29) is 5.91 Å². The molecule has 3 heterocycles. The average molecular weight is 284 g/mol. The van der Waals surface area contributed by atoms with Crippen molar-refractivity contribution in [2.45, 2.75) is 19.8 Å². The first-order chi connectivity index (χ1) is 10.1. The van der Waals surface area contributed by atoms with Crippen molar-refractivity contribution in [1.29, 1.82) is 0 Å². The number of carbonyl (C=O) groups is 1. The quantitative estimate of drug-likeness (QED) is 0.865. The molecule has 0 spiro atoms. The van der Waals surface area contributed by atoms with Gasteiger partial charge in [-0.25, -0.2) is 0 Å². The molecule has 1 aliphatic heterocycles. The summed E-state index contributed by atoms with van der Waals surface area (Å²) in [7, 11) is 1.92. The summed E-state index contributed by atoms with van der Waals surface area (Å²) >= 11 is 0. The van der Waals surface area contributed by atoms with E-state index in [0.717, 1.165) is 37.3 Å². The van der Waals surface area contributed by atoms with Crippen molar-refractivity contribution in [1.82, 2.24) is 19.7 Å². The first-order valence-corrected chi connectivity index (χ1v) is 7.32. The number of hydrogen-bond acceptors (Lipinski definition) is 3. The van der Waals surface area contributed by atoms with Crippen LogP contribution >= 0.6 is 0 Å². The van der Waals surface area contributed by atoms with Gasteiger partial charge < -0.3 is 4.90 Å². The molecule has 1 aliphatic rings. The zero-order valence-corrected chi connectivity index (χ0v) is 12.5. The largest absolute Gasteiger partial charge is 0.343 e. The third kappa shape index (κ3) is 2.96. The topological polar surface area (TPSA) is 51.0 Å². The molecule has 0 saturated carbocycles. The van der Waals surface area contributed by atoms with Crippen molar-refractivity contribution in [3.63, 3.8) is 0 Å². The van der Waals surface area contributed by atoms with E-state index in [2.05, 4.69) is 16.1 Å². The molecule has 0 aliphatic carbocycles. The van der Waals surface area contributed by atoms with Crippen LogP contribution in [-0.4, -0.2) is 38.7 Å². The minimum atomic E-state index is 0.183. The molecule has 0 bridgehead atoms. The van der Waals surface area contributed by atoms with E-state index in [4.69, 9.17) is 0 Å². The van der Waals surface area contributed by atoms with Crippen LogP contribution in [0, 0.1) is 5.92 Å². The molecule has 21 heavy (non-hydrogen) atoms.